The molecular weight excluding hydrogens is 184 g/mol. The first-order chi connectivity index (χ1) is 7.03. The fourth-order valence-electron chi connectivity index (χ4n) is 2.65. The molecule has 1 nitrogen and oxygen atoms in total. The Balaban J connectivity index is 2.69. The van der Waals surface area contributed by atoms with Crippen LogP contribution < -0.4 is 0 Å². The van der Waals surface area contributed by atoms with Crippen molar-refractivity contribution < 1.29 is 4.74 Å². The minimum atomic E-state index is 0.391. The van der Waals surface area contributed by atoms with Gasteiger partial charge in [-0.1, -0.05) is 26.0 Å². The van der Waals surface area contributed by atoms with Gasteiger partial charge in [0.2, 0.25) is 0 Å². The smallest absolute Gasteiger partial charge is 0.0634 e. The van der Waals surface area contributed by atoms with Gasteiger partial charge in [-0.25, -0.2) is 0 Å². The summed E-state index contributed by atoms with van der Waals surface area (Å²) in [5.74, 6) is 0.682. The third-order valence-corrected chi connectivity index (χ3v) is 4.21. The molecule has 0 amide bonds. The van der Waals surface area contributed by atoms with Crippen LogP contribution in [-0.4, -0.2) is 12.7 Å². The maximum Gasteiger partial charge on any atom is 0.0634 e. The number of rotatable bonds is 4. The lowest BCUT2D eigenvalue weighted by atomic mass is 9.67. The summed E-state index contributed by atoms with van der Waals surface area (Å²) in [6, 6.07) is 0. The molecule has 15 heavy (non-hydrogen) atoms. The number of ether oxygens (including phenoxy) is 1. The molecule has 1 rings (SSSR count). The average molecular weight is 210 g/mol. The Hall–Kier alpha value is -0.300. The number of hydrogen-bond acceptors (Lipinski definition) is 1. The van der Waals surface area contributed by atoms with Crippen LogP contribution in [0.25, 0.3) is 0 Å². The Morgan fingerprint density at radius 1 is 1.47 bits per heavy atom. The molecule has 3 atom stereocenters. The fraction of sp³-hybridized carbons (Fsp3) is 0.857. The van der Waals surface area contributed by atoms with Crippen molar-refractivity contribution in [1.29, 1.82) is 0 Å². The summed E-state index contributed by atoms with van der Waals surface area (Å²) in [4.78, 5) is 0. The lowest BCUT2D eigenvalue weighted by molar-refractivity contribution is -0.0663. The summed E-state index contributed by atoms with van der Waals surface area (Å²) in [5, 5.41) is 0. The quantitative estimate of drug-likeness (QED) is 0.632. The van der Waals surface area contributed by atoms with Crippen LogP contribution in [0.3, 0.4) is 0 Å². The first kappa shape index (κ1) is 12.8. The van der Waals surface area contributed by atoms with Crippen LogP contribution in [0.4, 0.5) is 0 Å². The normalized spacial score (nSPS) is 36.5. The second kappa shape index (κ2) is 5.16. The molecule has 0 saturated heterocycles. The zero-order chi connectivity index (χ0) is 11.5. The molecule has 3 unspecified atom stereocenters. The number of allylic oxidation sites excluding steroid dienone is 1. The minimum Gasteiger partial charge on any atom is -0.378 e. The van der Waals surface area contributed by atoms with Gasteiger partial charge in [-0.2, -0.15) is 0 Å². The Morgan fingerprint density at radius 3 is 2.60 bits per heavy atom. The predicted octanol–water partition coefficient (Wildman–Crippen LogP) is 4.18. The molecule has 0 radical (unpaired) electrons. The van der Waals surface area contributed by atoms with E-state index < -0.39 is 0 Å². The van der Waals surface area contributed by atoms with Crippen LogP contribution in [-0.2, 0) is 4.74 Å². The number of hydrogen-bond donors (Lipinski definition) is 0. The molecule has 1 fully saturated rings. The summed E-state index contributed by atoms with van der Waals surface area (Å²) in [6.07, 6.45) is 5.41. The Labute approximate surface area is 94.9 Å². The van der Waals surface area contributed by atoms with E-state index in [-0.39, 0.29) is 0 Å². The SMILES string of the molecule is C=C(C)C1CCC(C)(CC)C(OCC)C1. The summed E-state index contributed by atoms with van der Waals surface area (Å²) >= 11 is 0. The molecule has 1 aliphatic rings. The van der Waals surface area contributed by atoms with Gasteiger partial charge in [0, 0.05) is 6.61 Å². The highest BCUT2D eigenvalue weighted by molar-refractivity contribution is 5.02. The highest BCUT2D eigenvalue weighted by Crippen LogP contribution is 2.44. The van der Waals surface area contributed by atoms with Gasteiger partial charge in [0.05, 0.1) is 6.10 Å². The molecular formula is C14H26O. The molecule has 0 heterocycles. The lowest BCUT2D eigenvalue weighted by Crippen LogP contribution is -2.40. The van der Waals surface area contributed by atoms with Crippen LogP contribution >= 0.6 is 0 Å². The van der Waals surface area contributed by atoms with Gasteiger partial charge in [-0.15, -0.1) is 0 Å². The third-order valence-electron chi connectivity index (χ3n) is 4.21. The molecule has 0 N–H and O–H groups in total. The molecule has 1 saturated carbocycles. The summed E-state index contributed by atoms with van der Waals surface area (Å²) in [6.45, 7) is 13.8. The summed E-state index contributed by atoms with van der Waals surface area (Å²) in [7, 11) is 0. The maximum absolute atomic E-state index is 5.93. The average Bonchev–Trinajstić information content (AvgIpc) is 2.21. The maximum atomic E-state index is 5.93. The molecule has 88 valence electrons. The van der Waals surface area contributed by atoms with Crippen molar-refractivity contribution >= 4 is 0 Å². The first-order valence-corrected chi connectivity index (χ1v) is 6.30. The van der Waals surface area contributed by atoms with Crippen molar-refractivity contribution in [2.75, 3.05) is 6.61 Å². The highest BCUT2D eigenvalue weighted by Gasteiger charge is 2.39. The standard InChI is InChI=1S/C14H26O/c1-6-14(5)9-8-12(11(3)4)10-13(14)15-7-2/h12-13H,3,6-10H2,1-2,4-5H3. The van der Waals surface area contributed by atoms with E-state index in [2.05, 4.69) is 34.3 Å². The minimum absolute atomic E-state index is 0.391. The Kier molecular flexibility index (Phi) is 4.39. The van der Waals surface area contributed by atoms with Gasteiger partial charge in [-0.3, -0.25) is 0 Å². The van der Waals surface area contributed by atoms with Gasteiger partial charge in [0.25, 0.3) is 0 Å². The van der Waals surface area contributed by atoms with E-state index in [0.29, 0.717) is 17.4 Å². The molecule has 0 aliphatic heterocycles. The van der Waals surface area contributed by atoms with E-state index >= 15 is 0 Å². The van der Waals surface area contributed by atoms with E-state index in [1.54, 1.807) is 0 Å². The molecule has 1 heteroatoms. The van der Waals surface area contributed by atoms with E-state index in [9.17, 15) is 0 Å². The zero-order valence-corrected chi connectivity index (χ0v) is 10.8. The summed E-state index contributed by atoms with van der Waals surface area (Å²) in [5.41, 5.74) is 1.72. The van der Waals surface area contributed by atoms with Crippen molar-refractivity contribution in [2.45, 2.75) is 59.5 Å². The van der Waals surface area contributed by atoms with Crippen LogP contribution in [0.15, 0.2) is 12.2 Å². The van der Waals surface area contributed by atoms with Crippen LogP contribution in [0, 0.1) is 11.3 Å². The highest BCUT2D eigenvalue weighted by atomic mass is 16.5. The van der Waals surface area contributed by atoms with Crippen molar-refractivity contribution in [3.8, 4) is 0 Å². The van der Waals surface area contributed by atoms with Crippen LogP contribution in [0.1, 0.15) is 53.4 Å². The van der Waals surface area contributed by atoms with E-state index in [1.165, 1.54) is 31.3 Å². The van der Waals surface area contributed by atoms with Gasteiger partial charge >= 0.3 is 0 Å². The Morgan fingerprint density at radius 2 is 2.13 bits per heavy atom. The van der Waals surface area contributed by atoms with Crippen molar-refractivity contribution in [1.82, 2.24) is 0 Å². The largest absolute Gasteiger partial charge is 0.378 e. The second-order valence-corrected chi connectivity index (χ2v) is 5.27. The third kappa shape index (κ3) is 2.84. The molecule has 0 aromatic heterocycles. The Bertz CT molecular complexity index is 221. The topological polar surface area (TPSA) is 9.23 Å². The van der Waals surface area contributed by atoms with Gasteiger partial charge in [0.1, 0.15) is 0 Å². The first-order valence-electron chi connectivity index (χ1n) is 6.30. The molecule has 1 aliphatic carbocycles. The fourth-order valence-corrected chi connectivity index (χ4v) is 2.65. The monoisotopic (exact) mass is 210 g/mol. The van der Waals surface area contributed by atoms with Gasteiger partial charge in [0.15, 0.2) is 0 Å². The molecule has 0 aromatic carbocycles. The molecule has 0 bridgehead atoms. The predicted molar refractivity (Wildman–Crippen MR) is 66.0 cm³/mol. The van der Waals surface area contributed by atoms with Crippen molar-refractivity contribution in [3.63, 3.8) is 0 Å². The van der Waals surface area contributed by atoms with Crippen LogP contribution in [0.2, 0.25) is 0 Å². The lowest BCUT2D eigenvalue weighted by Gasteiger charge is -2.44. The van der Waals surface area contributed by atoms with Crippen LogP contribution in [0.5, 0.6) is 0 Å². The second-order valence-electron chi connectivity index (χ2n) is 5.27. The van der Waals surface area contributed by atoms with Gasteiger partial charge in [-0.05, 0) is 50.9 Å². The van der Waals surface area contributed by atoms with Gasteiger partial charge < -0.3 is 4.74 Å². The van der Waals surface area contributed by atoms with E-state index in [0.717, 1.165) is 6.61 Å². The molecule has 0 spiro atoms. The zero-order valence-electron chi connectivity index (χ0n) is 10.8. The van der Waals surface area contributed by atoms with Crippen molar-refractivity contribution in [2.24, 2.45) is 11.3 Å². The summed E-state index contributed by atoms with van der Waals surface area (Å²) < 4.78 is 5.93. The molecule has 0 aromatic rings. The van der Waals surface area contributed by atoms with E-state index in [4.69, 9.17) is 4.74 Å². The van der Waals surface area contributed by atoms with E-state index in [1.807, 2.05) is 0 Å². The van der Waals surface area contributed by atoms with Crippen molar-refractivity contribution in [3.05, 3.63) is 12.2 Å².